The number of quaternary nitrogens is 1. The molecule has 0 spiro atoms. The van der Waals surface area contributed by atoms with Gasteiger partial charge in [0, 0.05) is 34.5 Å². The normalized spacial score (nSPS) is 26.8. The fraction of sp³-hybridized carbons (Fsp3) is 0.471. The molecule has 3 heteroatoms. The average Bonchev–Trinajstić information content (AvgIpc) is 2.81. The summed E-state index contributed by atoms with van der Waals surface area (Å²) < 4.78 is 0. The van der Waals surface area contributed by atoms with Gasteiger partial charge in [-0.25, -0.2) is 0 Å². The number of H-pyrrole nitrogens is 1. The standard InChI is InChI=1S/C17H22N2O/c1-12-7-13(2)10-19(9-12)11-17(20)15-8-18-16-6-4-3-5-14(15)16/h3-6,8,12-13,18H,7,9-11H2,1-2H3/p+1/t12-,13+. The van der Waals surface area contributed by atoms with Crippen molar-refractivity contribution in [3.63, 3.8) is 0 Å². The van der Waals surface area contributed by atoms with Crippen LogP contribution in [0, 0.1) is 11.8 Å². The lowest BCUT2D eigenvalue weighted by Gasteiger charge is -2.31. The van der Waals surface area contributed by atoms with Gasteiger partial charge in [-0.15, -0.1) is 0 Å². The van der Waals surface area contributed by atoms with Gasteiger partial charge in [0.25, 0.3) is 0 Å². The Morgan fingerprint density at radius 2 is 1.95 bits per heavy atom. The maximum Gasteiger partial charge on any atom is 0.219 e. The minimum Gasteiger partial charge on any atom is -0.360 e. The number of hydrogen-bond donors (Lipinski definition) is 2. The Balaban J connectivity index is 1.76. The van der Waals surface area contributed by atoms with Gasteiger partial charge < -0.3 is 9.88 Å². The SMILES string of the molecule is C[C@@H]1C[C@H](C)C[NH+](CC(=O)c2c[nH]c3ccccc23)C1. The second-order valence-electron chi connectivity index (χ2n) is 6.45. The summed E-state index contributed by atoms with van der Waals surface area (Å²) in [6.45, 7) is 7.46. The number of carbonyl (C=O) groups excluding carboxylic acids is 1. The van der Waals surface area contributed by atoms with Gasteiger partial charge in [0.2, 0.25) is 5.78 Å². The zero-order valence-corrected chi connectivity index (χ0v) is 12.3. The number of aromatic amines is 1. The molecule has 0 bridgehead atoms. The Hall–Kier alpha value is -1.61. The smallest absolute Gasteiger partial charge is 0.219 e. The lowest BCUT2D eigenvalue weighted by Crippen LogP contribution is -3.15. The first-order valence-electron chi connectivity index (χ1n) is 7.56. The number of para-hydroxylation sites is 1. The predicted molar refractivity (Wildman–Crippen MR) is 81.1 cm³/mol. The van der Waals surface area contributed by atoms with E-state index >= 15 is 0 Å². The number of benzene rings is 1. The lowest BCUT2D eigenvalue weighted by atomic mass is 9.91. The summed E-state index contributed by atoms with van der Waals surface area (Å²) >= 11 is 0. The molecule has 1 fully saturated rings. The number of Topliss-reactive ketones (excluding diaryl/α,β-unsaturated/α-hetero) is 1. The maximum absolute atomic E-state index is 12.6. The molecule has 3 nitrogen and oxygen atoms in total. The molecule has 2 heterocycles. The minimum atomic E-state index is 0.263. The first kappa shape index (κ1) is 13.4. The third-order valence-electron chi connectivity index (χ3n) is 4.38. The Morgan fingerprint density at radius 3 is 2.70 bits per heavy atom. The van der Waals surface area contributed by atoms with Crippen LogP contribution in [-0.4, -0.2) is 30.4 Å². The summed E-state index contributed by atoms with van der Waals surface area (Å²) in [6, 6.07) is 8.02. The Kier molecular flexibility index (Phi) is 3.62. The fourth-order valence-corrected chi connectivity index (χ4v) is 3.69. The molecule has 0 aliphatic carbocycles. The van der Waals surface area contributed by atoms with Crippen molar-refractivity contribution in [2.75, 3.05) is 19.6 Å². The van der Waals surface area contributed by atoms with Crippen molar-refractivity contribution in [3.05, 3.63) is 36.0 Å². The second-order valence-corrected chi connectivity index (χ2v) is 6.45. The molecule has 1 saturated heterocycles. The molecular weight excluding hydrogens is 248 g/mol. The van der Waals surface area contributed by atoms with E-state index in [1.54, 1.807) is 0 Å². The molecule has 3 atom stereocenters. The quantitative estimate of drug-likeness (QED) is 0.822. The molecule has 0 saturated carbocycles. The van der Waals surface area contributed by atoms with E-state index in [0.717, 1.165) is 41.4 Å². The van der Waals surface area contributed by atoms with Crippen LogP contribution in [-0.2, 0) is 0 Å². The molecule has 106 valence electrons. The summed E-state index contributed by atoms with van der Waals surface area (Å²) in [5.74, 6) is 1.72. The van der Waals surface area contributed by atoms with E-state index < -0.39 is 0 Å². The Morgan fingerprint density at radius 1 is 1.25 bits per heavy atom. The van der Waals surface area contributed by atoms with Gasteiger partial charge in [0.15, 0.2) is 0 Å². The highest BCUT2D eigenvalue weighted by atomic mass is 16.1. The van der Waals surface area contributed by atoms with Gasteiger partial charge in [-0.3, -0.25) is 4.79 Å². The molecule has 1 unspecified atom stereocenters. The summed E-state index contributed by atoms with van der Waals surface area (Å²) in [6.07, 6.45) is 3.16. The monoisotopic (exact) mass is 271 g/mol. The molecule has 1 aromatic carbocycles. The number of rotatable bonds is 3. The van der Waals surface area contributed by atoms with Crippen LogP contribution in [0.15, 0.2) is 30.5 Å². The van der Waals surface area contributed by atoms with Crippen LogP contribution < -0.4 is 4.90 Å². The predicted octanol–water partition coefficient (Wildman–Crippen LogP) is 1.91. The summed E-state index contributed by atoms with van der Waals surface area (Å²) in [7, 11) is 0. The van der Waals surface area contributed by atoms with Crippen molar-refractivity contribution in [1.29, 1.82) is 0 Å². The second kappa shape index (κ2) is 5.41. The summed E-state index contributed by atoms with van der Waals surface area (Å²) in [5, 5.41) is 1.05. The summed E-state index contributed by atoms with van der Waals surface area (Å²) in [5.41, 5.74) is 1.89. The van der Waals surface area contributed by atoms with Crippen LogP contribution >= 0.6 is 0 Å². The van der Waals surface area contributed by atoms with Gasteiger partial charge in [-0.1, -0.05) is 32.0 Å². The molecule has 3 rings (SSSR count). The zero-order valence-electron chi connectivity index (χ0n) is 12.3. The molecule has 0 amide bonds. The number of carbonyl (C=O) groups is 1. The number of nitrogens with one attached hydrogen (secondary N) is 2. The first-order valence-corrected chi connectivity index (χ1v) is 7.56. The van der Waals surface area contributed by atoms with E-state index in [1.165, 1.54) is 11.3 Å². The highest BCUT2D eigenvalue weighted by Gasteiger charge is 2.27. The van der Waals surface area contributed by atoms with Crippen LogP contribution in [0.5, 0.6) is 0 Å². The van der Waals surface area contributed by atoms with Crippen LogP contribution in [0.3, 0.4) is 0 Å². The van der Waals surface area contributed by atoms with Crippen molar-refractivity contribution in [1.82, 2.24) is 4.98 Å². The molecule has 1 aromatic heterocycles. The van der Waals surface area contributed by atoms with Crippen molar-refractivity contribution >= 4 is 16.7 Å². The van der Waals surface area contributed by atoms with Gasteiger partial charge >= 0.3 is 0 Å². The molecule has 0 radical (unpaired) electrons. The molecule has 2 N–H and O–H groups in total. The van der Waals surface area contributed by atoms with Crippen LogP contribution in [0.25, 0.3) is 10.9 Å². The van der Waals surface area contributed by atoms with Crippen LogP contribution in [0.2, 0.25) is 0 Å². The minimum absolute atomic E-state index is 0.263. The number of fused-ring (bicyclic) bond motifs is 1. The lowest BCUT2D eigenvalue weighted by molar-refractivity contribution is -0.903. The van der Waals surface area contributed by atoms with Crippen LogP contribution in [0.4, 0.5) is 0 Å². The largest absolute Gasteiger partial charge is 0.360 e. The van der Waals surface area contributed by atoms with E-state index in [4.69, 9.17) is 0 Å². The van der Waals surface area contributed by atoms with E-state index in [-0.39, 0.29) is 5.78 Å². The van der Waals surface area contributed by atoms with Crippen LogP contribution in [0.1, 0.15) is 30.6 Å². The molecule has 2 aromatic rings. The third-order valence-corrected chi connectivity index (χ3v) is 4.38. The van der Waals surface area contributed by atoms with E-state index in [1.807, 2.05) is 30.5 Å². The van der Waals surface area contributed by atoms with Gasteiger partial charge in [0.1, 0.15) is 6.54 Å². The average molecular weight is 271 g/mol. The molecular formula is C17H23N2O+. The van der Waals surface area contributed by atoms with Gasteiger partial charge in [0.05, 0.1) is 13.1 Å². The zero-order chi connectivity index (χ0) is 14.1. The van der Waals surface area contributed by atoms with Crippen molar-refractivity contribution in [2.24, 2.45) is 11.8 Å². The van der Waals surface area contributed by atoms with E-state index in [2.05, 4.69) is 18.8 Å². The first-order chi connectivity index (χ1) is 9.63. The van der Waals surface area contributed by atoms with Crippen molar-refractivity contribution in [2.45, 2.75) is 20.3 Å². The summed E-state index contributed by atoms with van der Waals surface area (Å²) in [4.78, 5) is 17.2. The molecule has 1 aliphatic heterocycles. The molecule has 1 aliphatic rings. The highest BCUT2D eigenvalue weighted by molar-refractivity contribution is 6.08. The van der Waals surface area contributed by atoms with Gasteiger partial charge in [-0.05, 0) is 12.5 Å². The Labute approximate surface area is 120 Å². The van der Waals surface area contributed by atoms with E-state index in [9.17, 15) is 4.79 Å². The fourth-order valence-electron chi connectivity index (χ4n) is 3.69. The van der Waals surface area contributed by atoms with E-state index in [0.29, 0.717) is 6.54 Å². The maximum atomic E-state index is 12.6. The van der Waals surface area contributed by atoms with Crippen molar-refractivity contribution in [3.8, 4) is 0 Å². The number of piperidine rings is 1. The topological polar surface area (TPSA) is 37.3 Å². The number of ketones is 1. The number of hydrogen-bond acceptors (Lipinski definition) is 1. The number of likely N-dealkylation sites (tertiary alicyclic amines) is 1. The Bertz CT molecular complexity index is 606. The van der Waals surface area contributed by atoms with Gasteiger partial charge in [-0.2, -0.15) is 0 Å². The third kappa shape index (κ3) is 2.63. The van der Waals surface area contributed by atoms with Crippen molar-refractivity contribution < 1.29 is 9.69 Å². The highest BCUT2D eigenvalue weighted by Crippen LogP contribution is 2.18. The molecule has 20 heavy (non-hydrogen) atoms. The number of aromatic nitrogens is 1.